The SMILES string of the molecule is O=C1CCC(c2cccc(OC3CCN(CCCS(=O)N4CCC(Nc5ncc6cc(C(F)F)c(=O)[nH]c6n5)CC4)CC3)c2)C(=O)N1. The molecule has 3 aliphatic heterocycles. The van der Waals surface area contributed by atoms with Crippen molar-refractivity contribution in [3.63, 3.8) is 0 Å². The quantitative estimate of drug-likeness (QED) is 0.261. The largest absolute Gasteiger partial charge is 0.490 e. The smallest absolute Gasteiger partial charge is 0.269 e. The first-order valence-corrected chi connectivity index (χ1v) is 17.4. The van der Waals surface area contributed by atoms with Crippen LogP contribution in [-0.4, -0.2) is 90.8 Å². The third-order valence-corrected chi connectivity index (χ3v) is 10.6. The van der Waals surface area contributed by atoms with E-state index in [4.69, 9.17) is 4.74 Å². The molecule has 0 spiro atoms. The van der Waals surface area contributed by atoms with Crippen LogP contribution in [0.2, 0.25) is 0 Å². The molecular formula is C32H39F2N7O5S. The summed E-state index contributed by atoms with van der Waals surface area (Å²) < 4.78 is 47.3. The number of hydrogen-bond acceptors (Lipinski definition) is 9. The van der Waals surface area contributed by atoms with E-state index in [0.717, 1.165) is 69.1 Å². The molecule has 5 heterocycles. The van der Waals surface area contributed by atoms with Gasteiger partial charge in [0.05, 0.1) is 22.5 Å². The molecule has 15 heteroatoms. The van der Waals surface area contributed by atoms with E-state index in [0.29, 0.717) is 43.0 Å². The van der Waals surface area contributed by atoms with E-state index < -0.39 is 28.5 Å². The highest BCUT2D eigenvalue weighted by molar-refractivity contribution is 7.82. The molecule has 0 saturated carbocycles. The first kappa shape index (κ1) is 33.1. The molecule has 252 valence electrons. The fourth-order valence-corrected chi connectivity index (χ4v) is 7.68. The van der Waals surface area contributed by atoms with Crippen molar-refractivity contribution < 1.29 is 27.3 Å². The summed E-state index contributed by atoms with van der Waals surface area (Å²) in [6.45, 7) is 4.01. The van der Waals surface area contributed by atoms with E-state index in [1.165, 1.54) is 6.20 Å². The first-order chi connectivity index (χ1) is 22.7. The second-order valence-corrected chi connectivity index (χ2v) is 13.9. The molecule has 6 rings (SSSR count). The second-order valence-electron chi connectivity index (χ2n) is 12.3. The number of nitrogens with zero attached hydrogens (tertiary/aromatic N) is 4. The highest BCUT2D eigenvalue weighted by Gasteiger charge is 2.29. The predicted octanol–water partition coefficient (Wildman–Crippen LogP) is 3.25. The Balaban J connectivity index is 0.885. The van der Waals surface area contributed by atoms with Gasteiger partial charge in [0.15, 0.2) is 0 Å². The molecule has 2 aromatic heterocycles. The van der Waals surface area contributed by atoms with Crippen LogP contribution in [0.15, 0.2) is 41.3 Å². The topological polar surface area (TPSA) is 150 Å². The van der Waals surface area contributed by atoms with Crippen molar-refractivity contribution in [1.82, 2.24) is 29.5 Å². The lowest BCUT2D eigenvalue weighted by atomic mass is 9.90. The maximum atomic E-state index is 13.0. The minimum absolute atomic E-state index is 0.0659. The molecule has 47 heavy (non-hydrogen) atoms. The van der Waals surface area contributed by atoms with Gasteiger partial charge < -0.3 is 19.9 Å². The van der Waals surface area contributed by atoms with Gasteiger partial charge in [-0.2, -0.15) is 4.98 Å². The monoisotopic (exact) mass is 671 g/mol. The fraction of sp³-hybridized carbons (Fsp3) is 0.531. The number of anilines is 1. The summed E-state index contributed by atoms with van der Waals surface area (Å²) in [4.78, 5) is 49.0. The standard InChI is InChI=1S/C32H39F2N7O5S/c33-28(34)26-18-21-19-35-32(39-29(21)38-31(26)44)36-22-7-14-41(15-8-22)47(45)16-2-11-40-12-9-23(10-13-40)46-24-4-1-3-20(17-24)25-5-6-27(42)37-30(25)43/h1,3-4,17-19,22-23,25,28H,2,5-16H2,(H,37,42,43)(H2,35,36,38,39,44). The third kappa shape index (κ3) is 8.37. The molecule has 1 aromatic carbocycles. The van der Waals surface area contributed by atoms with Crippen molar-refractivity contribution in [2.45, 2.75) is 69.4 Å². The Labute approximate surface area is 273 Å². The summed E-state index contributed by atoms with van der Waals surface area (Å²) in [5, 5.41) is 6.01. The number of nitrogens with one attached hydrogen (secondary N) is 3. The van der Waals surface area contributed by atoms with E-state index in [9.17, 15) is 27.4 Å². The van der Waals surface area contributed by atoms with E-state index >= 15 is 0 Å². The van der Waals surface area contributed by atoms with Crippen molar-refractivity contribution in [2.75, 3.05) is 43.8 Å². The number of likely N-dealkylation sites (tertiary alicyclic amines) is 1. The van der Waals surface area contributed by atoms with Crippen LogP contribution in [-0.2, 0) is 20.6 Å². The lowest BCUT2D eigenvalue weighted by Crippen LogP contribution is -2.42. The summed E-state index contributed by atoms with van der Waals surface area (Å²) in [6.07, 6.45) is 3.59. The van der Waals surface area contributed by atoms with Gasteiger partial charge in [-0.1, -0.05) is 12.1 Å². The Hall–Kier alpha value is -3.82. The van der Waals surface area contributed by atoms with Gasteiger partial charge in [-0.15, -0.1) is 0 Å². The number of H-pyrrole nitrogens is 1. The second kappa shape index (κ2) is 14.9. The number of hydrogen-bond donors (Lipinski definition) is 3. The van der Waals surface area contributed by atoms with Crippen molar-refractivity contribution in [1.29, 1.82) is 0 Å². The Morgan fingerprint density at radius 2 is 1.83 bits per heavy atom. The van der Waals surface area contributed by atoms with Crippen molar-refractivity contribution >= 4 is 39.8 Å². The number of fused-ring (bicyclic) bond motifs is 1. The van der Waals surface area contributed by atoms with Gasteiger partial charge in [-0.25, -0.2) is 22.3 Å². The fourth-order valence-electron chi connectivity index (χ4n) is 6.43. The highest BCUT2D eigenvalue weighted by atomic mass is 32.2. The minimum Gasteiger partial charge on any atom is -0.490 e. The Bertz CT molecular complexity index is 1680. The Morgan fingerprint density at radius 3 is 2.57 bits per heavy atom. The number of halogens is 2. The van der Waals surface area contributed by atoms with Crippen LogP contribution < -0.4 is 20.9 Å². The Kier molecular flexibility index (Phi) is 10.5. The predicted molar refractivity (Wildman–Crippen MR) is 173 cm³/mol. The average molecular weight is 672 g/mol. The minimum atomic E-state index is -2.87. The van der Waals surface area contributed by atoms with E-state index in [2.05, 4.69) is 30.5 Å². The lowest BCUT2D eigenvalue weighted by Gasteiger charge is -2.33. The maximum absolute atomic E-state index is 13.0. The van der Waals surface area contributed by atoms with Gasteiger partial charge in [0.2, 0.25) is 17.8 Å². The van der Waals surface area contributed by atoms with Crippen LogP contribution in [0.5, 0.6) is 5.75 Å². The number of piperidine rings is 3. The highest BCUT2D eigenvalue weighted by Crippen LogP contribution is 2.29. The number of pyridine rings is 1. The van der Waals surface area contributed by atoms with Crippen molar-refractivity contribution in [3.8, 4) is 5.75 Å². The number of benzene rings is 1. The van der Waals surface area contributed by atoms with Gasteiger partial charge in [0, 0.05) is 56.0 Å². The molecule has 2 unspecified atom stereocenters. The number of carbonyl (C=O) groups is 2. The summed E-state index contributed by atoms with van der Waals surface area (Å²) in [5.41, 5.74) is -0.405. The average Bonchev–Trinajstić information content (AvgIpc) is 3.05. The van der Waals surface area contributed by atoms with Crippen LogP contribution >= 0.6 is 0 Å². The summed E-state index contributed by atoms with van der Waals surface area (Å²) in [5.74, 6) is 0.849. The van der Waals surface area contributed by atoms with E-state index in [1.807, 2.05) is 28.6 Å². The number of rotatable bonds is 11. The maximum Gasteiger partial charge on any atom is 0.269 e. The summed E-state index contributed by atoms with van der Waals surface area (Å²) >= 11 is 0. The molecule has 0 radical (unpaired) electrons. The summed E-state index contributed by atoms with van der Waals surface area (Å²) in [6, 6.07) is 8.80. The van der Waals surface area contributed by atoms with Crippen LogP contribution in [0.25, 0.3) is 11.0 Å². The van der Waals surface area contributed by atoms with E-state index in [1.54, 1.807) is 0 Å². The molecule has 3 N–H and O–H groups in total. The zero-order valence-electron chi connectivity index (χ0n) is 26.0. The van der Waals surface area contributed by atoms with Gasteiger partial charge in [-0.05, 0) is 68.8 Å². The number of imide groups is 1. The zero-order chi connectivity index (χ0) is 32.9. The van der Waals surface area contributed by atoms with Crippen molar-refractivity contribution in [2.24, 2.45) is 0 Å². The Morgan fingerprint density at radius 1 is 1.04 bits per heavy atom. The molecule has 3 aliphatic rings. The molecular weight excluding hydrogens is 632 g/mol. The zero-order valence-corrected chi connectivity index (χ0v) is 26.8. The number of carbonyl (C=O) groups excluding carboxylic acids is 2. The molecule has 0 aliphatic carbocycles. The number of aromatic nitrogens is 3. The molecule has 12 nitrogen and oxygen atoms in total. The molecule has 0 bridgehead atoms. The number of aromatic amines is 1. The first-order valence-electron chi connectivity index (χ1n) is 16.1. The van der Waals surface area contributed by atoms with Gasteiger partial charge in [0.25, 0.3) is 12.0 Å². The normalized spacial score (nSPS) is 21.2. The van der Waals surface area contributed by atoms with Gasteiger partial charge in [-0.3, -0.25) is 19.7 Å². The molecule has 2 amide bonds. The van der Waals surface area contributed by atoms with Gasteiger partial charge >= 0.3 is 0 Å². The molecule has 3 aromatic rings. The molecule has 3 fully saturated rings. The number of amides is 2. The van der Waals surface area contributed by atoms with Crippen LogP contribution in [0.3, 0.4) is 0 Å². The van der Waals surface area contributed by atoms with Crippen LogP contribution in [0.4, 0.5) is 14.7 Å². The summed E-state index contributed by atoms with van der Waals surface area (Å²) in [7, 11) is -1.07. The lowest BCUT2D eigenvalue weighted by molar-refractivity contribution is -0.134. The number of ether oxygens (including phenoxy) is 1. The van der Waals surface area contributed by atoms with Crippen LogP contribution in [0, 0.1) is 0 Å². The number of alkyl halides is 2. The van der Waals surface area contributed by atoms with Crippen LogP contribution in [0.1, 0.15) is 68.4 Å². The molecule has 3 saturated heterocycles. The van der Waals surface area contributed by atoms with Crippen molar-refractivity contribution in [3.05, 3.63) is 58.0 Å². The third-order valence-electron chi connectivity index (χ3n) is 9.06. The van der Waals surface area contributed by atoms with Gasteiger partial charge in [0.1, 0.15) is 17.5 Å². The molecule has 2 atom stereocenters. The van der Waals surface area contributed by atoms with E-state index in [-0.39, 0.29) is 35.5 Å².